The van der Waals surface area contributed by atoms with Gasteiger partial charge in [-0.1, -0.05) is 0 Å². The molecule has 0 saturated carbocycles. The molecule has 1 aromatic heterocycles. The fourth-order valence-electron chi connectivity index (χ4n) is 0.976. The van der Waals surface area contributed by atoms with E-state index in [2.05, 4.69) is 5.10 Å². The van der Waals surface area contributed by atoms with Crippen LogP contribution in [0.4, 0.5) is 13.2 Å². The maximum absolute atomic E-state index is 11.7. The lowest BCUT2D eigenvalue weighted by Gasteiger charge is -2.07. The molecule has 1 heterocycles. The SMILES string of the molecule is O=C(NCCCn1cccn1)C(F)(F)F. The minimum Gasteiger partial charge on any atom is -0.348 e. The Morgan fingerprint density at radius 1 is 1.47 bits per heavy atom. The molecule has 1 N–H and O–H groups in total. The monoisotopic (exact) mass is 221 g/mol. The number of amides is 1. The van der Waals surface area contributed by atoms with Crippen LogP contribution in [-0.2, 0) is 11.3 Å². The van der Waals surface area contributed by atoms with E-state index in [-0.39, 0.29) is 6.54 Å². The van der Waals surface area contributed by atoms with E-state index in [4.69, 9.17) is 0 Å². The number of halogens is 3. The number of nitrogens with one attached hydrogen (secondary N) is 1. The van der Waals surface area contributed by atoms with E-state index >= 15 is 0 Å². The average molecular weight is 221 g/mol. The largest absolute Gasteiger partial charge is 0.471 e. The van der Waals surface area contributed by atoms with Crippen LogP contribution in [0.5, 0.6) is 0 Å². The maximum atomic E-state index is 11.7. The van der Waals surface area contributed by atoms with Crippen LogP contribution in [0.1, 0.15) is 6.42 Å². The van der Waals surface area contributed by atoms with Gasteiger partial charge in [-0.15, -0.1) is 0 Å². The average Bonchev–Trinajstić information content (AvgIpc) is 2.63. The van der Waals surface area contributed by atoms with Crippen LogP contribution < -0.4 is 5.32 Å². The van der Waals surface area contributed by atoms with Crippen molar-refractivity contribution < 1.29 is 18.0 Å². The number of rotatable bonds is 4. The summed E-state index contributed by atoms with van der Waals surface area (Å²) in [6, 6.07) is 1.72. The lowest BCUT2D eigenvalue weighted by atomic mass is 10.4. The van der Waals surface area contributed by atoms with Crippen molar-refractivity contribution in [1.82, 2.24) is 15.1 Å². The molecular formula is C8H10F3N3O. The second-order valence-electron chi connectivity index (χ2n) is 2.88. The number of carbonyl (C=O) groups is 1. The van der Waals surface area contributed by atoms with Crippen molar-refractivity contribution in [3.63, 3.8) is 0 Å². The smallest absolute Gasteiger partial charge is 0.348 e. The van der Waals surface area contributed by atoms with E-state index < -0.39 is 12.1 Å². The van der Waals surface area contributed by atoms with Crippen LogP contribution in [0.3, 0.4) is 0 Å². The number of nitrogens with zero attached hydrogens (tertiary/aromatic N) is 2. The molecule has 7 heteroatoms. The first-order chi connectivity index (χ1) is 7.00. The first kappa shape index (κ1) is 11.5. The summed E-state index contributed by atoms with van der Waals surface area (Å²) in [6.07, 6.45) is -1.12. The van der Waals surface area contributed by atoms with Crippen molar-refractivity contribution in [3.8, 4) is 0 Å². The van der Waals surface area contributed by atoms with Crippen molar-refractivity contribution >= 4 is 5.91 Å². The van der Waals surface area contributed by atoms with Gasteiger partial charge in [-0.2, -0.15) is 18.3 Å². The first-order valence-corrected chi connectivity index (χ1v) is 4.32. The lowest BCUT2D eigenvalue weighted by Crippen LogP contribution is -2.37. The van der Waals surface area contributed by atoms with Gasteiger partial charge in [-0.05, 0) is 12.5 Å². The summed E-state index contributed by atoms with van der Waals surface area (Å²) < 4.78 is 36.7. The summed E-state index contributed by atoms with van der Waals surface area (Å²) >= 11 is 0. The minimum absolute atomic E-state index is 0.0157. The molecule has 0 aliphatic heterocycles. The second-order valence-corrected chi connectivity index (χ2v) is 2.88. The summed E-state index contributed by atoms with van der Waals surface area (Å²) in [5, 5.41) is 5.64. The Kier molecular flexibility index (Phi) is 3.70. The van der Waals surface area contributed by atoms with Gasteiger partial charge in [-0.3, -0.25) is 9.48 Å². The first-order valence-electron chi connectivity index (χ1n) is 4.32. The van der Waals surface area contributed by atoms with Gasteiger partial charge in [0.2, 0.25) is 0 Å². The van der Waals surface area contributed by atoms with Gasteiger partial charge in [0.1, 0.15) is 0 Å². The van der Waals surface area contributed by atoms with Gasteiger partial charge >= 0.3 is 12.1 Å². The number of alkyl halides is 3. The summed E-state index contributed by atoms with van der Waals surface area (Å²) in [7, 11) is 0. The highest BCUT2D eigenvalue weighted by molar-refractivity contribution is 5.81. The second kappa shape index (κ2) is 4.81. The van der Waals surface area contributed by atoms with Crippen molar-refractivity contribution in [2.75, 3.05) is 6.54 Å². The van der Waals surface area contributed by atoms with Crippen LogP contribution in [0.15, 0.2) is 18.5 Å². The highest BCUT2D eigenvalue weighted by Gasteiger charge is 2.38. The molecule has 0 atom stereocenters. The fraction of sp³-hybridized carbons (Fsp3) is 0.500. The van der Waals surface area contributed by atoms with E-state index in [0.717, 1.165) is 0 Å². The molecule has 4 nitrogen and oxygen atoms in total. The summed E-state index contributed by atoms with van der Waals surface area (Å²) in [5.41, 5.74) is 0. The molecule has 0 radical (unpaired) electrons. The Labute approximate surface area is 84.1 Å². The lowest BCUT2D eigenvalue weighted by molar-refractivity contribution is -0.173. The zero-order chi connectivity index (χ0) is 11.3. The third-order valence-electron chi connectivity index (χ3n) is 1.67. The topological polar surface area (TPSA) is 46.9 Å². The molecule has 0 saturated heterocycles. The van der Waals surface area contributed by atoms with E-state index in [1.54, 1.807) is 28.5 Å². The standard InChI is InChI=1S/C8H10F3N3O/c9-8(10,11)7(15)12-3-1-5-14-6-2-4-13-14/h2,4,6H,1,3,5H2,(H,12,15). The van der Waals surface area contributed by atoms with E-state index in [1.165, 1.54) is 0 Å². The van der Waals surface area contributed by atoms with E-state index in [9.17, 15) is 18.0 Å². The molecule has 0 aliphatic carbocycles. The number of aryl methyl sites for hydroxylation is 1. The van der Waals surface area contributed by atoms with E-state index in [0.29, 0.717) is 13.0 Å². The van der Waals surface area contributed by atoms with Gasteiger partial charge in [-0.25, -0.2) is 0 Å². The molecule has 0 fully saturated rings. The van der Waals surface area contributed by atoms with Crippen molar-refractivity contribution in [1.29, 1.82) is 0 Å². The molecular weight excluding hydrogens is 211 g/mol. The Morgan fingerprint density at radius 3 is 2.73 bits per heavy atom. The molecule has 84 valence electrons. The van der Waals surface area contributed by atoms with Crippen molar-refractivity contribution in [2.24, 2.45) is 0 Å². The molecule has 15 heavy (non-hydrogen) atoms. The fourth-order valence-corrected chi connectivity index (χ4v) is 0.976. The Balaban J connectivity index is 2.15. The molecule has 0 spiro atoms. The normalized spacial score (nSPS) is 11.4. The van der Waals surface area contributed by atoms with Crippen LogP contribution >= 0.6 is 0 Å². The third kappa shape index (κ3) is 4.01. The van der Waals surface area contributed by atoms with Crippen LogP contribution in [0.25, 0.3) is 0 Å². The highest BCUT2D eigenvalue weighted by Crippen LogP contribution is 2.13. The van der Waals surface area contributed by atoms with Gasteiger partial charge in [0, 0.05) is 25.5 Å². The predicted octanol–water partition coefficient (Wildman–Crippen LogP) is 0.952. The third-order valence-corrected chi connectivity index (χ3v) is 1.67. The summed E-state index contributed by atoms with van der Waals surface area (Å²) in [6.45, 7) is 0.462. The predicted molar refractivity (Wildman–Crippen MR) is 45.9 cm³/mol. The van der Waals surface area contributed by atoms with Crippen LogP contribution in [0, 0.1) is 0 Å². The van der Waals surface area contributed by atoms with Crippen LogP contribution in [-0.4, -0.2) is 28.4 Å². The van der Waals surface area contributed by atoms with Gasteiger partial charge in [0.05, 0.1) is 0 Å². The van der Waals surface area contributed by atoms with Crippen molar-refractivity contribution in [3.05, 3.63) is 18.5 Å². The zero-order valence-electron chi connectivity index (χ0n) is 7.79. The van der Waals surface area contributed by atoms with Crippen molar-refractivity contribution in [2.45, 2.75) is 19.1 Å². The number of hydrogen-bond donors (Lipinski definition) is 1. The Hall–Kier alpha value is -1.53. The van der Waals surface area contributed by atoms with Gasteiger partial charge < -0.3 is 5.32 Å². The van der Waals surface area contributed by atoms with E-state index in [1.807, 2.05) is 0 Å². The molecule has 1 rings (SSSR count). The molecule has 1 amide bonds. The summed E-state index contributed by atoms with van der Waals surface area (Å²) in [4.78, 5) is 10.4. The van der Waals surface area contributed by atoms with Gasteiger partial charge in [0.25, 0.3) is 0 Å². The van der Waals surface area contributed by atoms with Gasteiger partial charge in [0.15, 0.2) is 0 Å². The minimum atomic E-state index is -4.80. The molecule has 1 aromatic rings. The molecule has 0 aromatic carbocycles. The maximum Gasteiger partial charge on any atom is 0.471 e. The molecule has 0 bridgehead atoms. The zero-order valence-corrected chi connectivity index (χ0v) is 7.79. The quantitative estimate of drug-likeness (QED) is 0.769. The number of carbonyl (C=O) groups excluding carboxylic acids is 1. The highest BCUT2D eigenvalue weighted by atomic mass is 19.4. The molecule has 0 unspecified atom stereocenters. The number of aromatic nitrogens is 2. The van der Waals surface area contributed by atoms with Crippen LogP contribution in [0.2, 0.25) is 0 Å². The summed E-state index contributed by atoms with van der Waals surface area (Å²) in [5.74, 6) is -1.90. The Morgan fingerprint density at radius 2 is 2.20 bits per heavy atom. The Bertz CT molecular complexity index is 307. The number of hydrogen-bond acceptors (Lipinski definition) is 2. The molecule has 0 aliphatic rings.